The van der Waals surface area contributed by atoms with Gasteiger partial charge in [0, 0.05) is 0 Å². The van der Waals surface area contributed by atoms with Gasteiger partial charge in [-0.05, 0) is 31.5 Å². The third-order valence-electron chi connectivity index (χ3n) is 2.45. The highest BCUT2D eigenvalue weighted by atomic mass is 19.4. The van der Waals surface area contributed by atoms with Gasteiger partial charge in [-0.1, -0.05) is 13.3 Å². The van der Waals surface area contributed by atoms with Crippen LogP contribution in [0.5, 0.6) is 5.75 Å². The summed E-state index contributed by atoms with van der Waals surface area (Å²) < 4.78 is 42.9. The van der Waals surface area contributed by atoms with Crippen molar-refractivity contribution in [3.05, 3.63) is 29.3 Å². The Morgan fingerprint density at radius 2 is 2.06 bits per heavy atom. The average molecular weight is 257 g/mol. The van der Waals surface area contributed by atoms with Crippen LogP contribution in [0.2, 0.25) is 0 Å². The highest BCUT2D eigenvalue weighted by Crippen LogP contribution is 2.32. The molecule has 18 heavy (non-hydrogen) atoms. The molecule has 0 saturated heterocycles. The van der Waals surface area contributed by atoms with Crippen LogP contribution >= 0.6 is 0 Å². The molecular formula is C13H14F3NO. The van der Waals surface area contributed by atoms with Crippen LogP contribution in [0.3, 0.4) is 0 Å². The molecule has 1 aromatic carbocycles. The summed E-state index contributed by atoms with van der Waals surface area (Å²) in [6.45, 7) is 3.81. The number of halogens is 3. The van der Waals surface area contributed by atoms with E-state index in [9.17, 15) is 13.2 Å². The summed E-state index contributed by atoms with van der Waals surface area (Å²) in [5.41, 5.74) is -0.928. The largest absolute Gasteiger partial charge is 0.489 e. The van der Waals surface area contributed by atoms with Crippen LogP contribution < -0.4 is 4.74 Å². The first-order chi connectivity index (χ1) is 8.38. The second-order valence-corrected chi connectivity index (χ2v) is 4.04. The predicted molar refractivity (Wildman–Crippen MR) is 61.2 cm³/mol. The van der Waals surface area contributed by atoms with Gasteiger partial charge in [0.1, 0.15) is 11.8 Å². The molecule has 0 fully saturated rings. The van der Waals surface area contributed by atoms with E-state index in [0.717, 1.165) is 25.0 Å². The van der Waals surface area contributed by atoms with Crippen LogP contribution in [0, 0.1) is 11.3 Å². The zero-order chi connectivity index (χ0) is 13.8. The molecule has 0 N–H and O–H groups in total. The van der Waals surface area contributed by atoms with Gasteiger partial charge in [-0.25, -0.2) is 0 Å². The number of nitrogens with zero attached hydrogens (tertiary/aromatic N) is 1. The second kappa shape index (κ2) is 5.76. The molecule has 0 bridgehead atoms. The van der Waals surface area contributed by atoms with Crippen LogP contribution in [-0.2, 0) is 6.18 Å². The van der Waals surface area contributed by atoms with E-state index >= 15 is 0 Å². The molecular weight excluding hydrogens is 243 g/mol. The quantitative estimate of drug-likeness (QED) is 0.811. The molecule has 0 heterocycles. The molecule has 0 saturated carbocycles. The van der Waals surface area contributed by atoms with Gasteiger partial charge in [0.05, 0.1) is 17.2 Å². The Balaban J connectivity index is 2.98. The predicted octanol–water partition coefficient (Wildman–Crippen LogP) is 4.14. The Morgan fingerprint density at radius 1 is 1.39 bits per heavy atom. The summed E-state index contributed by atoms with van der Waals surface area (Å²) in [5.74, 6) is 0.200. The fourth-order valence-corrected chi connectivity index (χ4v) is 1.58. The van der Waals surface area contributed by atoms with Crippen molar-refractivity contribution in [2.45, 2.75) is 39.0 Å². The molecule has 1 rings (SSSR count). The van der Waals surface area contributed by atoms with Crippen LogP contribution in [0.15, 0.2) is 18.2 Å². The normalized spacial score (nSPS) is 12.9. The first kappa shape index (κ1) is 14.4. The van der Waals surface area contributed by atoms with Gasteiger partial charge in [-0.15, -0.1) is 0 Å². The first-order valence-electron chi connectivity index (χ1n) is 5.66. The van der Waals surface area contributed by atoms with Crippen LogP contribution in [-0.4, -0.2) is 6.10 Å². The van der Waals surface area contributed by atoms with E-state index in [-0.39, 0.29) is 17.4 Å². The van der Waals surface area contributed by atoms with Gasteiger partial charge in [0.2, 0.25) is 0 Å². The molecule has 1 unspecified atom stereocenters. The summed E-state index contributed by atoms with van der Waals surface area (Å²) in [4.78, 5) is 0. The van der Waals surface area contributed by atoms with E-state index in [1.54, 1.807) is 6.07 Å². The van der Waals surface area contributed by atoms with E-state index in [0.29, 0.717) is 0 Å². The molecule has 0 aliphatic rings. The maximum atomic E-state index is 12.5. The third kappa shape index (κ3) is 3.66. The van der Waals surface area contributed by atoms with Crippen molar-refractivity contribution in [1.82, 2.24) is 0 Å². The maximum absolute atomic E-state index is 12.5. The van der Waals surface area contributed by atoms with Crippen LogP contribution in [0.25, 0.3) is 0 Å². The number of alkyl halides is 3. The minimum atomic E-state index is -4.45. The zero-order valence-corrected chi connectivity index (χ0v) is 10.2. The number of nitriles is 1. The summed E-state index contributed by atoms with van der Waals surface area (Å²) in [6.07, 6.45) is -2.88. The van der Waals surface area contributed by atoms with E-state index in [1.807, 2.05) is 13.8 Å². The lowest BCUT2D eigenvalue weighted by molar-refractivity contribution is -0.137. The van der Waals surface area contributed by atoms with Crippen LogP contribution in [0.1, 0.15) is 37.8 Å². The van der Waals surface area contributed by atoms with Crippen molar-refractivity contribution in [2.24, 2.45) is 0 Å². The summed E-state index contributed by atoms with van der Waals surface area (Å²) in [6, 6.07) is 4.67. The van der Waals surface area contributed by atoms with Gasteiger partial charge < -0.3 is 4.74 Å². The Morgan fingerprint density at radius 3 is 2.56 bits per heavy atom. The highest BCUT2D eigenvalue weighted by molar-refractivity contribution is 5.46. The molecule has 2 nitrogen and oxygen atoms in total. The lowest BCUT2D eigenvalue weighted by Crippen LogP contribution is -2.12. The smallest absolute Gasteiger partial charge is 0.416 e. The van der Waals surface area contributed by atoms with Crippen molar-refractivity contribution < 1.29 is 17.9 Å². The standard InChI is InChI=1S/C13H14F3NO/c1-3-4-9(2)18-12-6-5-11(13(14,15)16)7-10(12)8-17/h5-7,9H,3-4H2,1-2H3. The van der Waals surface area contributed by atoms with Crippen molar-refractivity contribution in [2.75, 3.05) is 0 Å². The summed E-state index contributed by atoms with van der Waals surface area (Å²) in [7, 11) is 0. The van der Waals surface area contributed by atoms with Crippen molar-refractivity contribution in [1.29, 1.82) is 5.26 Å². The number of hydrogen-bond donors (Lipinski definition) is 0. The molecule has 5 heteroatoms. The highest BCUT2D eigenvalue weighted by Gasteiger charge is 2.31. The molecule has 0 aromatic heterocycles. The molecule has 0 aliphatic heterocycles. The molecule has 0 aliphatic carbocycles. The lowest BCUT2D eigenvalue weighted by atomic mass is 10.1. The van der Waals surface area contributed by atoms with E-state index in [4.69, 9.17) is 10.00 Å². The van der Waals surface area contributed by atoms with E-state index in [2.05, 4.69) is 0 Å². The number of hydrogen-bond acceptors (Lipinski definition) is 2. The van der Waals surface area contributed by atoms with Gasteiger partial charge >= 0.3 is 6.18 Å². The van der Waals surface area contributed by atoms with E-state index in [1.165, 1.54) is 6.07 Å². The van der Waals surface area contributed by atoms with Crippen molar-refractivity contribution in [3.8, 4) is 11.8 Å². The van der Waals surface area contributed by atoms with Gasteiger partial charge in [0.25, 0.3) is 0 Å². The fourth-order valence-electron chi connectivity index (χ4n) is 1.58. The second-order valence-electron chi connectivity index (χ2n) is 4.04. The third-order valence-corrected chi connectivity index (χ3v) is 2.45. The molecule has 0 spiro atoms. The Bertz CT molecular complexity index is 449. The van der Waals surface area contributed by atoms with Gasteiger partial charge in [-0.3, -0.25) is 0 Å². The molecule has 0 radical (unpaired) electrons. The number of rotatable bonds is 4. The monoisotopic (exact) mass is 257 g/mol. The van der Waals surface area contributed by atoms with Crippen molar-refractivity contribution >= 4 is 0 Å². The summed E-state index contributed by atoms with van der Waals surface area (Å²) in [5, 5.41) is 8.85. The summed E-state index contributed by atoms with van der Waals surface area (Å²) >= 11 is 0. The maximum Gasteiger partial charge on any atom is 0.416 e. The molecule has 0 amide bonds. The lowest BCUT2D eigenvalue weighted by Gasteiger charge is -2.16. The molecule has 98 valence electrons. The Hall–Kier alpha value is -1.70. The Labute approximate surface area is 104 Å². The molecule has 1 atom stereocenters. The van der Waals surface area contributed by atoms with E-state index < -0.39 is 11.7 Å². The number of benzene rings is 1. The molecule has 1 aromatic rings. The average Bonchev–Trinajstić information content (AvgIpc) is 2.28. The zero-order valence-electron chi connectivity index (χ0n) is 10.2. The Kier molecular flexibility index (Phi) is 4.60. The van der Waals surface area contributed by atoms with Crippen molar-refractivity contribution in [3.63, 3.8) is 0 Å². The minimum Gasteiger partial charge on any atom is -0.489 e. The van der Waals surface area contributed by atoms with Gasteiger partial charge in [-0.2, -0.15) is 18.4 Å². The topological polar surface area (TPSA) is 33.0 Å². The first-order valence-corrected chi connectivity index (χ1v) is 5.66. The van der Waals surface area contributed by atoms with Crippen LogP contribution in [0.4, 0.5) is 13.2 Å². The number of ether oxygens (including phenoxy) is 1. The minimum absolute atomic E-state index is 0.0900. The SMILES string of the molecule is CCCC(C)Oc1ccc(C(F)(F)F)cc1C#N. The van der Waals surface area contributed by atoms with Gasteiger partial charge in [0.15, 0.2) is 0 Å². The fraction of sp³-hybridized carbons (Fsp3) is 0.462.